The first kappa shape index (κ1) is 20.4. The molecule has 1 aromatic carbocycles. The van der Waals surface area contributed by atoms with Gasteiger partial charge in [-0.1, -0.05) is 0 Å². The van der Waals surface area contributed by atoms with Crippen molar-refractivity contribution in [1.29, 1.82) is 0 Å². The monoisotopic (exact) mass is 402 g/mol. The highest BCUT2D eigenvalue weighted by Crippen LogP contribution is 2.33. The van der Waals surface area contributed by atoms with Crippen LogP contribution in [-0.4, -0.2) is 42.1 Å². The van der Waals surface area contributed by atoms with Crippen molar-refractivity contribution in [3.63, 3.8) is 0 Å². The fourth-order valence-electron chi connectivity index (χ4n) is 3.38. The minimum atomic E-state index is -1.18. The molecule has 1 atom stereocenters. The molecule has 154 valence electrons. The van der Waals surface area contributed by atoms with Crippen LogP contribution in [0.4, 0.5) is 0 Å². The third-order valence-corrected chi connectivity index (χ3v) is 4.87. The Morgan fingerprint density at radius 2 is 1.90 bits per heavy atom. The van der Waals surface area contributed by atoms with Gasteiger partial charge >= 0.3 is 11.6 Å². The molecule has 9 heteroatoms. The van der Waals surface area contributed by atoms with Crippen LogP contribution in [0.3, 0.4) is 0 Å². The van der Waals surface area contributed by atoms with Gasteiger partial charge in [0, 0.05) is 16.5 Å². The predicted octanol–water partition coefficient (Wildman–Crippen LogP) is 0.674. The van der Waals surface area contributed by atoms with E-state index in [4.69, 9.17) is 14.3 Å². The molecule has 0 saturated carbocycles. The Hall–Kier alpha value is -3.36. The summed E-state index contributed by atoms with van der Waals surface area (Å²) in [5, 5.41) is 13.9. The number of carbonyl (C=O) groups is 3. The Balaban J connectivity index is 1.69. The van der Waals surface area contributed by atoms with Crippen molar-refractivity contribution >= 4 is 28.8 Å². The molecule has 0 saturated heterocycles. The zero-order chi connectivity index (χ0) is 21.1. The van der Waals surface area contributed by atoms with Crippen LogP contribution in [-0.2, 0) is 27.2 Å². The Morgan fingerprint density at radius 1 is 1.17 bits per heavy atom. The summed E-state index contributed by atoms with van der Waals surface area (Å²) in [7, 11) is 0. The summed E-state index contributed by atoms with van der Waals surface area (Å²) < 4.78 is 11.2. The Bertz CT molecular complexity index is 1040. The summed E-state index contributed by atoms with van der Waals surface area (Å²) >= 11 is 0. The maximum Gasteiger partial charge on any atom is 0.339 e. The van der Waals surface area contributed by atoms with Gasteiger partial charge in [-0.2, -0.15) is 0 Å². The third-order valence-electron chi connectivity index (χ3n) is 4.87. The lowest BCUT2D eigenvalue weighted by Crippen LogP contribution is -2.43. The molecule has 1 aliphatic rings. The predicted molar refractivity (Wildman–Crippen MR) is 103 cm³/mol. The number of benzene rings is 1. The molecule has 1 aliphatic carbocycles. The molecule has 3 rings (SSSR count). The van der Waals surface area contributed by atoms with Crippen LogP contribution < -0.4 is 21.0 Å². The van der Waals surface area contributed by atoms with Gasteiger partial charge < -0.3 is 24.9 Å². The molecular formula is C20H22N2O7. The SMILES string of the molecule is Cc1c(O[C@H](C)C(=O)NCC(=O)NCC(=O)O)ccc2c3c(c(=O)oc12)CCC3. The fourth-order valence-corrected chi connectivity index (χ4v) is 3.38. The minimum absolute atomic E-state index is 0.330. The molecule has 0 unspecified atom stereocenters. The van der Waals surface area contributed by atoms with E-state index in [9.17, 15) is 19.2 Å². The van der Waals surface area contributed by atoms with Crippen LogP contribution in [0.25, 0.3) is 11.0 Å². The molecule has 0 radical (unpaired) electrons. The number of aryl methyl sites for hydroxylation is 2. The van der Waals surface area contributed by atoms with Gasteiger partial charge in [0.25, 0.3) is 5.91 Å². The van der Waals surface area contributed by atoms with Crippen molar-refractivity contribution in [2.45, 2.75) is 39.2 Å². The number of carboxylic acids is 1. The van der Waals surface area contributed by atoms with E-state index in [1.54, 1.807) is 13.0 Å². The maximum atomic E-state index is 12.2. The zero-order valence-electron chi connectivity index (χ0n) is 16.2. The van der Waals surface area contributed by atoms with Gasteiger partial charge in [0.15, 0.2) is 6.10 Å². The fraction of sp³-hybridized carbons (Fsp3) is 0.400. The standard InChI is InChI=1S/C20H22N2O7/c1-10-15(28-11(2)19(26)22-8-16(23)21-9-17(24)25)7-6-13-12-4-3-5-14(12)20(27)29-18(10)13/h6-7,11H,3-5,8-9H2,1-2H3,(H,21,23)(H,22,26)(H,24,25)/t11-/m1/s1. The van der Waals surface area contributed by atoms with Crippen LogP contribution in [0.2, 0.25) is 0 Å². The zero-order valence-corrected chi connectivity index (χ0v) is 16.2. The van der Waals surface area contributed by atoms with E-state index in [1.807, 2.05) is 6.07 Å². The summed E-state index contributed by atoms with van der Waals surface area (Å²) in [4.78, 5) is 46.3. The molecule has 29 heavy (non-hydrogen) atoms. The van der Waals surface area contributed by atoms with Crippen molar-refractivity contribution in [2.24, 2.45) is 0 Å². The summed E-state index contributed by atoms with van der Waals surface area (Å²) in [6.45, 7) is 2.39. The average Bonchev–Trinajstić information content (AvgIpc) is 3.18. The number of aliphatic carboxylic acids is 1. The number of carboxylic acid groups (broad SMARTS) is 1. The van der Waals surface area contributed by atoms with E-state index in [0.717, 1.165) is 35.8 Å². The van der Waals surface area contributed by atoms with E-state index in [-0.39, 0.29) is 12.2 Å². The maximum absolute atomic E-state index is 12.2. The number of amides is 2. The van der Waals surface area contributed by atoms with Gasteiger partial charge in [-0.3, -0.25) is 14.4 Å². The summed E-state index contributed by atoms with van der Waals surface area (Å²) in [5.74, 6) is -1.93. The van der Waals surface area contributed by atoms with Crippen molar-refractivity contribution < 1.29 is 28.6 Å². The molecule has 0 fully saturated rings. The highest BCUT2D eigenvalue weighted by molar-refractivity contribution is 5.89. The van der Waals surface area contributed by atoms with Crippen LogP contribution in [0.5, 0.6) is 5.75 Å². The largest absolute Gasteiger partial charge is 0.480 e. The van der Waals surface area contributed by atoms with Crippen molar-refractivity contribution in [1.82, 2.24) is 10.6 Å². The number of ether oxygens (including phenoxy) is 1. The lowest BCUT2D eigenvalue weighted by atomic mass is 10.0. The van der Waals surface area contributed by atoms with Gasteiger partial charge in [0.1, 0.15) is 17.9 Å². The molecule has 1 heterocycles. The highest BCUT2D eigenvalue weighted by atomic mass is 16.5. The molecule has 9 nitrogen and oxygen atoms in total. The topological polar surface area (TPSA) is 135 Å². The Labute approximate surface area is 166 Å². The molecule has 2 aromatic rings. The number of hydrogen-bond donors (Lipinski definition) is 3. The summed E-state index contributed by atoms with van der Waals surface area (Å²) in [6, 6.07) is 3.56. The van der Waals surface area contributed by atoms with Crippen molar-refractivity contribution in [3.8, 4) is 5.75 Å². The van der Waals surface area contributed by atoms with E-state index < -0.39 is 30.4 Å². The van der Waals surface area contributed by atoms with Gasteiger partial charge in [0.05, 0.1) is 6.54 Å². The quantitative estimate of drug-likeness (QED) is 0.580. The molecule has 3 N–H and O–H groups in total. The van der Waals surface area contributed by atoms with Crippen LogP contribution in [0.1, 0.15) is 30.0 Å². The molecule has 0 bridgehead atoms. The smallest absolute Gasteiger partial charge is 0.339 e. The number of fused-ring (bicyclic) bond motifs is 3. The Morgan fingerprint density at radius 3 is 2.62 bits per heavy atom. The normalized spacial score (nSPS) is 13.6. The van der Waals surface area contributed by atoms with Gasteiger partial charge in [-0.15, -0.1) is 0 Å². The van der Waals surface area contributed by atoms with Crippen molar-refractivity contribution in [3.05, 3.63) is 39.2 Å². The van der Waals surface area contributed by atoms with Gasteiger partial charge in [-0.25, -0.2) is 4.79 Å². The Kier molecular flexibility index (Phi) is 5.86. The van der Waals surface area contributed by atoms with E-state index in [2.05, 4.69) is 10.6 Å². The van der Waals surface area contributed by atoms with Crippen molar-refractivity contribution in [2.75, 3.05) is 13.1 Å². The number of rotatable bonds is 7. The first-order valence-electron chi connectivity index (χ1n) is 9.29. The van der Waals surface area contributed by atoms with E-state index in [1.165, 1.54) is 6.92 Å². The van der Waals surface area contributed by atoms with Crippen LogP contribution in [0, 0.1) is 6.92 Å². The lowest BCUT2D eigenvalue weighted by molar-refractivity contribution is -0.137. The number of carbonyl (C=O) groups excluding carboxylic acids is 2. The summed E-state index contributed by atoms with van der Waals surface area (Å²) in [6.07, 6.45) is 1.56. The molecule has 0 spiro atoms. The van der Waals surface area contributed by atoms with Crippen LogP contribution >= 0.6 is 0 Å². The van der Waals surface area contributed by atoms with E-state index in [0.29, 0.717) is 16.9 Å². The first-order chi connectivity index (χ1) is 13.8. The van der Waals surface area contributed by atoms with Crippen LogP contribution in [0.15, 0.2) is 21.3 Å². The van der Waals surface area contributed by atoms with Gasteiger partial charge in [0.2, 0.25) is 5.91 Å². The first-order valence-corrected chi connectivity index (χ1v) is 9.29. The van der Waals surface area contributed by atoms with E-state index >= 15 is 0 Å². The average molecular weight is 402 g/mol. The summed E-state index contributed by atoms with van der Waals surface area (Å²) in [5.41, 5.74) is 2.49. The highest BCUT2D eigenvalue weighted by Gasteiger charge is 2.23. The molecular weight excluding hydrogens is 380 g/mol. The number of hydrogen-bond acceptors (Lipinski definition) is 6. The molecule has 1 aromatic heterocycles. The third kappa shape index (κ3) is 4.39. The lowest BCUT2D eigenvalue weighted by Gasteiger charge is -2.17. The minimum Gasteiger partial charge on any atom is -0.480 e. The second-order valence-corrected chi connectivity index (χ2v) is 6.91. The molecule has 0 aliphatic heterocycles. The second kappa shape index (κ2) is 8.34. The van der Waals surface area contributed by atoms with Gasteiger partial charge in [-0.05, 0) is 50.8 Å². The second-order valence-electron chi connectivity index (χ2n) is 6.91. The number of nitrogens with one attached hydrogen (secondary N) is 2. The molecule has 2 amide bonds.